The van der Waals surface area contributed by atoms with Crippen molar-refractivity contribution >= 4 is 11.8 Å². The molecule has 1 N–H and O–H groups in total. The van der Waals surface area contributed by atoms with Crippen LogP contribution in [-0.4, -0.2) is 23.1 Å². The van der Waals surface area contributed by atoms with Gasteiger partial charge in [-0.2, -0.15) is 11.8 Å². The Morgan fingerprint density at radius 1 is 1.23 bits per heavy atom. The maximum atomic E-state index is 3.78. The van der Waals surface area contributed by atoms with E-state index >= 15 is 0 Å². The van der Waals surface area contributed by atoms with Crippen LogP contribution in [0.3, 0.4) is 0 Å². The molecule has 78 valence electrons. The van der Waals surface area contributed by atoms with Crippen LogP contribution in [0.2, 0.25) is 0 Å². The maximum absolute atomic E-state index is 3.78. The van der Waals surface area contributed by atoms with E-state index in [-0.39, 0.29) is 0 Å². The first-order valence-corrected chi connectivity index (χ1v) is 6.74. The lowest BCUT2D eigenvalue weighted by Gasteiger charge is -2.36. The van der Waals surface area contributed by atoms with Crippen LogP contribution in [0.5, 0.6) is 0 Å². The van der Waals surface area contributed by atoms with E-state index in [0.717, 1.165) is 17.3 Å². The van der Waals surface area contributed by atoms with Crippen molar-refractivity contribution in [3.05, 3.63) is 0 Å². The Hall–Kier alpha value is 0.310. The number of rotatable bonds is 4. The highest BCUT2D eigenvalue weighted by Crippen LogP contribution is 2.27. The third-order valence-electron chi connectivity index (χ3n) is 2.90. The van der Waals surface area contributed by atoms with Gasteiger partial charge in [-0.3, -0.25) is 0 Å². The Balaban J connectivity index is 2.42. The summed E-state index contributed by atoms with van der Waals surface area (Å²) in [7, 11) is 0. The molecular weight excluding hydrogens is 178 g/mol. The molecule has 0 spiro atoms. The number of nitrogens with one attached hydrogen (secondary N) is 1. The van der Waals surface area contributed by atoms with E-state index in [9.17, 15) is 0 Å². The predicted octanol–water partition coefficient (Wildman–Crippen LogP) is 3.05. The van der Waals surface area contributed by atoms with Gasteiger partial charge in [0.25, 0.3) is 0 Å². The molecule has 0 aromatic heterocycles. The van der Waals surface area contributed by atoms with Crippen molar-refractivity contribution in [3.8, 4) is 0 Å². The predicted molar refractivity (Wildman–Crippen MR) is 62.4 cm³/mol. The van der Waals surface area contributed by atoms with Crippen LogP contribution in [0.4, 0.5) is 0 Å². The van der Waals surface area contributed by atoms with E-state index in [1.165, 1.54) is 31.4 Å². The zero-order valence-corrected chi connectivity index (χ0v) is 9.99. The van der Waals surface area contributed by atoms with E-state index in [1.807, 2.05) is 0 Å². The summed E-state index contributed by atoms with van der Waals surface area (Å²) in [5.41, 5.74) is 0. The molecule has 0 radical (unpaired) electrons. The van der Waals surface area contributed by atoms with Crippen LogP contribution in [0.1, 0.15) is 46.5 Å². The fraction of sp³-hybridized carbons (Fsp3) is 1.00. The first kappa shape index (κ1) is 11.4. The van der Waals surface area contributed by atoms with Crippen LogP contribution >= 0.6 is 11.8 Å². The lowest BCUT2D eigenvalue weighted by Crippen LogP contribution is -2.49. The van der Waals surface area contributed by atoms with Gasteiger partial charge < -0.3 is 5.32 Å². The first-order chi connectivity index (χ1) is 6.31. The molecule has 1 nitrogen and oxygen atoms in total. The van der Waals surface area contributed by atoms with Gasteiger partial charge >= 0.3 is 0 Å². The minimum Gasteiger partial charge on any atom is -0.309 e. The molecule has 13 heavy (non-hydrogen) atoms. The highest BCUT2D eigenvalue weighted by Gasteiger charge is 2.27. The molecule has 0 amide bonds. The van der Waals surface area contributed by atoms with E-state index < -0.39 is 0 Å². The van der Waals surface area contributed by atoms with Crippen molar-refractivity contribution in [1.29, 1.82) is 0 Å². The summed E-state index contributed by atoms with van der Waals surface area (Å²) in [5.74, 6) is 1.31. The van der Waals surface area contributed by atoms with E-state index in [4.69, 9.17) is 0 Å². The van der Waals surface area contributed by atoms with Crippen LogP contribution < -0.4 is 5.32 Å². The molecule has 0 bridgehead atoms. The van der Waals surface area contributed by atoms with Gasteiger partial charge in [0.1, 0.15) is 0 Å². The third kappa shape index (κ3) is 3.17. The van der Waals surface area contributed by atoms with Gasteiger partial charge in [-0.1, -0.05) is 27.2 Å². The normalized spacial score (nSPS) is 34.8. The smallest absolute Gasteiger partial charge is 0.0199 e. The molecule has 0 aromatic rings. The second kappa shape index (κ2) is 5.92. The lowest BCUT2D eigenvalue weighted by molar-refractivity contribution is 0.387. The fourth-order valence-electron chi connectivity index (χ4n) is 2.03. The molecule has 1 saturated heterocycles. The second-order valence-electron chi connectivity index (χ2n) is 3.95. The molecule has 1 rings (SSSR count). The topological polar surface area (TPSA) is 12.0 Å². The van der Waals surface area contributed by atoms with Gasteiger partial charge in [0.15, 0.2) is 0 Å². The number of thioether (sulfide) groups is 1. The Morgan fingerprint density at radius 3 is 2.54 bits per heavy atom. The SMILES string of the molecule is CCCC1NC(CC)CSC1CC. The fourth-order valence-corrected chi connectivity index (χ4v) is 3.53. The molecule has 2 heteroatoms. The molecule has 3 unspecified atom stereocenters. The molecule has 3 atom stereocenters. The quantitative estimate of drug-likeness (QED) is 0.750. The van der Waals surface area contributed by atoms with Gasteiger partial charge in [0.2, 0.25) is 0 Å². The van der Waals surface area contributed by atoms with Crippen molar-refractivity contribution in [2.24, 2.45) is 0 Å². The summed E-state index contributed by atoms with van der Waals surface area (Å²) in [6.07, 6.45) is 5.26. The van der Waals surface area contributed by atoms with Gasteiger partial charge in [0.05, 0.1) is 0 Å². The van der Waals surface area contributed by atoms with Gasteiger partial charge in [-0.05, 0) is 19.3 Å². The Kier molecular flexibility index (Phi) is 5.18. The second-order valence-corrected chi connectivity index (χ2v) is 5.22. The van der Waals surface area contributed by atoms with Crippen molar-refractivity contribution in [3.63, 3.8) is 0 Å². The van der Waals surface area contributed by atoms with E-state index in [1.54, 1.807) is 0 Å². The van der Waals surface area contributed by atoms with Crippen LogP contribution in [0.25, 0.3) is 0 Å². The summed E-state index contributed by atoms with van der Waals surface area (Å²) < 4.78 is 0. The molecule has 1 heterocycles. The molecule has 0 aromatic carbocycles. The lowest BCUT2D eigenvalue weighted by atomic mass is 10.0. The zero-order valence-electron chi connectivity index (χ0n) is 9.18. The van der Waals surface area contributed by atoms with E-state index in [0.29, 0.717) is 0 Å². The number of hydrogen-bond donors (Lipinski definition) is 1. The Bertz CT molecular complexity index is 138. The van der Waals surface area contributed by atoms with Gasteiger partial charge in [-0.25, -0.2) is 0 Å². The monoisotopic (exact) mass is 201 g/mol. The molecule has 1 fully saturated rings. The molecule has 1 aliphatic heterocycles. The summed E-state index contributed by atoms with van der Waals surface area (Å²) >= 11 is 2.18. The molecule has 1 aliphatic rings. The van der Waals surface area contributed by atoms with Crippen LogP contribution in [0.15, 0.2) is 0 Å². The summed E-state index contributed by atoms with van der Waals surface area (Å²) in [6, 6.07) is 1.54. The Morgan fingerprint density at radius 2 is 2.00 bits per heavy atom. The average Bonchev–Trinajstić information content (AvgIpc) is 2.18. The minimum absolute atomic E-state index is 0.768. The minimum atomic E-state index is 0.768. The molecule has 0 aliphatic carbocycles. The van der Waals surface area contributed by atoms with Crippen molar-refractivity contribution in [2.75, 3.05) is 5.75 Å². The van der Waals surface area contributed by atoms with Gasteiger partial charge in [-0.15, -0.1) is 0 Å². The standard InChI is InChI=1S/C11H23NS/c1-4-7-10-11(6-3)13-8-9(5-2)12-10/h9-12H,4-8H2,1-3H3. The van der Waals surface area contributed by atoms with E-state index in [2.05, 4.69) is 37.8 Å². The maximum Gasteiger partial charge on any atom is 0.0199 e. The highest BCUT2D eigenvalue weighted by atomic mass is 32.2. The zero-order chi connectivity index (χ0) is 9.68. The van der Waals surface area contributed by atoms with Gasteiger partial charge in [0, 0.05) is 23.1 Å². The average molecular weight is 201 g/mol. The van der Waals surface area contributed by atoms with Crippen LogP contribution in [0, 0.1) is 0 Å². The molecular formula is C11H23NS. The number of hydrogen-bond acceptors (Lipinski definition) is 2. The van der Waals surface area contributed by atoms with Crippen molar-refractivity contribution < 1.29 is 0 Å². The first-order valence-electron chi connectivity index (χ1n) is 5.69. The Labute approximate surface area is 87.1 Å². The third-order valence-corrected chi connectivity index (χ3v) is 4.59. The summed E-state index contributed by atoms with van der Waals surface area (Å²) in [6.45, 7) is 6.89. The largest absolute Gasteiger partial charge is 0.309 e. The highest BCUT2D eigenvalue weighted by molar-refractivity contribution is 8.00. The summed E-state index contributed by atoms with van der Waals surface area (Å²) in [5, 5.41) is 4.65. The summed E-state index contributed by atoms with van der Waals surface area (Å²) in [4.78, 5) is 0. The van der Waals surface area contributed by atoms with Crippen molar-refractivity contribution in [2.45, 2.75) is 63.8 Å². The van der Waals surface area contributed by atoms with Crippen LogP contribution in [-0.2, 0) is 0 Å². The van der Waals surface area contributed by atoms with Crippen molar-refractivity contribution in [1.82, 2.24) is 5.32 Å². The molecule has 0 saturated carbocycles.